The fourth-order valence-electron chi connectivity index (χ4n) is 1.53. The number of non-ortho nitro benzene ring substituents is 1. The molecule has 1 aromatic rings. The second kappa shape index (κ2) is 9.16. The molecule has 126 valence electrons. The Kier molecular flexibility index (Phi) is 7.25. The van der Waals surface area contributed by atoms with Crippen LogP contribution >= 0.6 is 11.8 Å². The third kappa shape index (κ3) is 4.99. The smallest absolute Gasteiger partial charge is 0.351 e. The highest BCUT2D eigenvalue weighted by Crippen LogP contribution is 2.15. The molecule has 0 spiro atoms. The van der Waals surface area contributed by atoms with Gasteiger partial charge < -0.3 is 4.74 Å². The maximum Gasteiger partial charge on any atom is 0.351 e. The number of hydrazine groups is 1. The third-order valence-electron chi connectivity index (χ3n) is 2.65. The molecule has 2 N–H and O–H groups in total. The molecule has 1 amide bonds. The van der Waals surface area contributed by atoms with Crippen molar-refractivity contribution in [3.05, 3.63) is 50.5 Å². The van der Waals surface area contributed by atoms with Crippen molar-refractivity contribution in [3.63, 3.8) is 0 Å². The maximum atomic E-state index is 12.0. The SMILES string of the molecule is CCOC(=O)C(C#N)=C(NNC(=O)c1ccc([N+](=O)[O-])cc1)SC. The maximum absolute atomic E-state index is 12.0. The Balaban J connectivity index is 2.84. The fourth-order valence-corrected chi connectivity index (χ4v) is 2.01. The van der Waals surface area contributed by atoms with Gasteiger partial charge in [-0.2, -0.15) is 5.26 Å². The second-order valence-corrected chi connectivity index (χ2v) is 4.94. The predicted molar refractivity (Wildman–Crippen MR) is 86.5 cm³/mol. The minimum atomic E-state index is -0.804. The number of hydrogen-bond acceptors (Lipinski definition) is 8. The second-order valence-electron chi connectivity index (χ2n) is 4.12. The molecule has 0 bridgehead atoms. The number of hydrogen-bond donors (Lipinski definition) is 2. The third-order valence-corrected chi connectivity index (χ3v) is 3.37. The van der Waals surface area contributed by atoms with Gasteiger partial charge in [0, 0.05) is 17.7 Å². The molecule has 0 aliphatic carbocycles. The fraction of sp³-hybridized carbons (Fsp3) is 0.214. The summed E-state index contributed by atoms with van der Waals surface area (Å²) in [6.07, 6.45) is 1.61. The van der Waals surface area contributed by atoms with Crippen LogP contribution in [0.1, 0.15) is 17.3 Å². The van der Waals surface area contributed by atoms with E-state index in [-0.39, 0.29) is 28.5 Å². The number of carbonyl (C=O) groups is 2. The van der Waals surface area contributed by atoms with E-state index in [0.29, 0.717) is 0 Å². The van der Waals surface area contributed by atoms with Crippen LogP contribution in [-0.4, -0.2) is 29.7 Å². The Morgan fingerprint density at radius 2 is 1.96 bits per heavy atom. The van der Waals surface area contributed by atoms with E-state index in [1.807, 2.05) is 0 Å². The minimum absolute atomic E-state index is 0.112. The molecule has 1 aromatic carbocycles. The van der Waals surface area contributed by atoms with Crippen LogP contribution in [0.5, 0.6) is 0 Å². The molecule has 0 aromatic heterocycles. The zero-order valence-corrected chi connectivity index (χ0v) is 13.7. The predicted octanol–water partition coefficient (Wildman–Crippen LogP) is 1.49. The van der Waals surface area contributed by atoms with E-state index in [0.717, 1.165) is 11.8 Å². The molecule has 9 nitrogen and oxygen atoms in total. The summed E-state index contributed by atoms with van der Waals surface area (Å²) in [5, 5.41) is 19.7. The first-order valence-electron chi connectivity index (χ1n) is 6.60. The lowest BCUT2D eigenvalue weighted by Gasteiger charge is -2.12. The summed E-state index contributed by atoms with van der Waals surface area (Å²) in [5.74, 6) is -1.39. The average Bonchev–Trinajstić information content (AvgIpc) is 2.58. The highest BCUT2D eigenvalue weighted by Gasteiger charge is 2.17. The molecule has 24 heavy (non-hydrogen) atoms. The van der Waals surface area contributed by atoms with Crippen molar-refractivity contribution >= 4 is 29.3 Å². The van der Waals surface area contributed by atoms with Gasteiger partial charge in [0.25, 0.3) is 11.6 Å². The molecule has 0 fully saturated rings. The van der Waals surface area contributed by atoms with Crippen molar-refractivity contribution in [2.45, 2.75) is 6.92 Å². The number of benzene rings is 1. The normalized spacial score (nSPS) is 10.9. The van der Waals surface area contributed by atoms with Crippen LogP contribution in [0.25, 0.3) is 0 Å². The van der Waals surface area contributed by atoms with Gasteiger partial charge in [0.05, 0.1) is 11.5 Å². The topological polar surface area (TPSA) is 134 Å². The van der Waals surface area contributed by atoms with Crippen LogP contribution in [0.3, 0.4) is 0 Å². The zero-order chi connectivity index (χ0) is 18.1. The number of nitriles is 1. The molecule has 0 heterocycles. The summed E-state index contributed by atoms with van der Waals surface area (Å²) in [6, 6.07) is 6.68. The van der Waals surface area contributed by atoms with Crippen LogP contribution in [0.15, 0.2) is 34.9 Å². The van der Waals surface area contributed by atoms with Gasteiger partial charge in [-0.15, -0.1) is 11.8 Å². The van der Waals surface area contributed by atoms with E-state index in [1.54, 1.807) is 19.2 Å². The van der Waals surface area contributed by atoms with Crippen molar-refractivity contribution in [2.24, 2.45) is 0 Å². The van der Waals surface area contributed by atoms with E-state index >= 15 is 0 Å². The number of nitro benzene ring substituents is 1. The van der Waals surface area contributed by atoms with Gasteiger partial charge in [0.1, 0.15) is 11.1 Å². The van der Waals surface area contributed by atoms with Gasteiger partial charge in [0.15, 0.2) is 5.57 Å². The van der Waals surface area contributed by atoms with E-state index in [4.69, 9.17) is 10.00 Å². The van der Waals surface area contributed by atoms with Crippen LogP contribution in [-0.2, 0) is 9.53 Å². The van der Waals surface area contributed by atoms with Gasteiger partial charge in [-0.05, 0) is 25.3 Å². The van der Waals surface area contributed by atoms with Gasteiger partial charge >= 0.3 is 5.97 Å². The molecule has 0 saturated carbocycles. The zero-order valence-electron chi connectivity index (χ0n) is 12.9. The number of carbonyl (C=O) groups excluding carboxylic acids is 2. The van der Waals surface area contributed by atoms with Gasteiger partial charge in [-0.1, -0.05) is 0 Å². The van der Waals surface area contributed by atoms with Crippen molar-refractivity contribution in [3.8, 4) is 6.07 Å². The van der Waals surface area contributed by atoms with E-state index in [1.165, 1.54) is 24.3 Å². The summed E-state index contributed by atoms with van der Waals surface area (Å²) in [5.41, 5.74) is 4.55. The number of esters is 1. The Hall–Kier alpha value is -3.06. The lowest BCUT2D eigenvalue weighted by atomic mass is 10.2. The van der Waals surface area contributed by atoms with Crippen LogP contribution in [0.4, 0.5) is 5.69 Å². The van der Waals surface area contributed by atoms with Gasteiger partial charge in [-0.3, -0.25) is 25.8 Å². The largest absolute Gasteiger partial charge is 0.462 e. The first-order valence-corrected chi connectivity index (χ1v) is 7.83. The average molecular weight is 350 g/mol. The number of nitro groups is 1. The van der Waals surface area contributed by atoms with Crippen LogP contribution in [0.2, 0.25) is 0 Å². The number of nitrogens with zero attached hydrogens (tertiary/aromatic N) is 2. The van der Waals surface area contributed by atoms with Crippen LogP contribution in [0, 0.1) is 21.4 Å². The summed E-state index contributed by atoms with van der Waals surface area (Å²) < 4.78 is 4.76. The first kappa shape index (κ1) is 19.0. The van der Waals surface area contributed by atoms with Crippen molar-refractivity contribution < 1.29 is 19.2 Å². The minimum Gasteiger partial charge on any atom is -0.462 e. The molecular weight excluding hydrogens is 336 g/mol. The molecule has 10 heteroatoms. The van der Waals surface area contributed by atoms with Crippen molar-refractivity contribution in [1.29, 1.82) is 5.26 Å². The number of amides is 1. The molecular formula is C14H14N4O5S. The number of nitrogens with one attached hydrogen (secondary N) is 2. The first-order chi connectivity index (χ1) is 11.4. The van der Waals surface area contributed by atoms with Crippen LogP contribution < -0.4 is 10.9 Å². The monoisotopic (exact) mass is 350 g/mol. The molecule has 1 rings (SSSR count). The van der Waals surface area contributed by atoms with Crippen molar-refractivity contribution in [2.75, 3.05) is 12.9 Å². The molecule has 0 unspecified atom stereocenters. The lowest BCUT2D eigenvalue weighted by molar-refractivity contribution is -0.384. The number of thioether (sulfide) groups is 1. The lowest BCUT2D eigenvalue weighted by Crippen LogP contribution is -2.37. The number of rotatable bonds is 7. The summed E-state index contributed by atoms with van der Waals surface area (Å²) in [6.45, 7) is 1.72. The van der Waals surface area contributed by atoms with E-state index < -0.39 is 16.8 Å². The standard InChI is InChI=1S/C14H14N4O5S/c1-3-23-14(20)11(8-15)13(24-2)17-16-12(19)9-4-6-10(7-5-9)18(21)22/h4-7,17H,3H2,1-2H3,(H,16,19). The Bertz CT molecular complexity index is 709. The molecule has 0 saturated heterocycles. The quantitative estimate of drug-likeness (QED) is 0.248. The summed E-state index contributed by atoms with van der Waals surface area (Å²) in [4.78, 5) is 33.6. The van der Waals surface area contributed by atoms with Crippen molar-refractivity contribution in [1.82, 2.24) is 10.9 Å². The summed E-state index contributed by atoms with van der Waals surface area (Å²) >= 11 is 1.04. The molecule has 0 aliphatic heterocycles. The molecule has 0 atom stereocenters. The van der Waals surface area contributed by atoms with Gasteiger partial charge in [-0.25, -0.2) is 4.79 Å². The van der Waals surface area contributed by atoms with Gasteiger partial charge in [0.2, 0.25) is 0 Å². The van der Waals surface area contributed by atoms with E-state index in [9.17, 15) is 19.7 Å². The highest BCUT2D eigenvalue weighted by molar-refractivity contribution is 8.02. The highest BCUT2D eigenvalue weighted by atomic mass is 32.2. The molecule has 0 radical (unpaired) electrons. The Morgan fingerprint density at radius 1 is 1.33 bits per heavy atom. The Morgan fingerprint density at radius 3 is 2.42 bits per heavy atom. The Labute approximate surface area is 141 Å². The number of ether oxygens (including phenoxy) is 1. The molecule has 0 aliphatic rings. The summed E-state index contributed by atoms with van der Waals surface area (Å²) in [7, 11) is 0. The van der Waals surface area contributed by atoms with E-state index in [2.05, 4.69) is 10.9 Å².